The molecule has 0 bridgehead atoms. The van der Waals surface area contributed by atoms with E-state index < -0.39 is 0 Å². The highest BCUT2D eigenvalue weighted by Gasteiger charge is 2.53. The lowest BCUT2D eigenvalue weighted by Gasteiger charge is -2.20. The molecule has 2 atom stereocenters. The molecule has 2 aliphatic rings. The summed E-state index contributed by atoms with van der Waals surface area (Å²) in [5.74, 6) is 1.21. The zero-order chi connectivity index (χ0) is 11.8. The monoisotopic (exact) mass is 224 g/mol. The summed E-state index contributed by atoms with van der Waals surface area (Å²) in [7, 11) is 0. The highest BCUT2D eigenvalue weighted by Crippen LogP contribution is 2.60. The van der Waals surface area contributed by atoms with Gasteiger partial charge >= 0.3 is 0 Å². The summed E-state index contributed by atoms with van der Waals surface area (Å²) < 4.78 is 0. The first-order chi connectivity index (χ1) is 7.59. The van der Waals surface area contributed by atoms with E-state index in [-0.39, 0.29) is 17.9 Å². The lowest BCUT2D eigenvalue weighted by molar-refractivity contribution is -0.123. The number of carbonyl (C=O) groups is 1. The third-order valence-electron chi connectivity index (χ3n) is 4.51. The molecule has 92 valence electrons. The smallest absolute Gasteiger partial charge is 0.237 e. The van der Waals surface area contributed by atoms with Gasteiger partial charge in [0.15, 0.2) is 0 Å². The molecule has 2 saturated carbocycles. The van der Waals surface area contributed by atoms with Crippen molar-refractivity contribution in [2.45, 2.75) is 52.0 Å². The molecule has 0 heterocycles. The molecule has 0 radical (unpaired) electrons. The molecular formula is C13H24N2O. The van der Waals surface area contributed by atoms with Crippen LogP contribution in [0, 0.1) is 17.3 Å². The van der Waals surface area contributed by atoms with Crippen LogP contribution in [0.15, 0.2) is 0 Å². The first-order valence-corrected chi connectivity index (χ1v) is 6.62. The van der Waals surface area contributed by atoms with Crippen molar-refractivity contribution in [3.05, 3.63) is 0 Å². The molecule has 1 unspecified atom stereocenters. The third-order valence-corrected chi connectivity index (χ3v) is 4.51. The molecule has 3 nitrogen and oxygen atoms in total. The minimum atomic E-state index is -0.333. The molecule has 0 saturated heterocycles. The Labute approximate surface area is 98.2 Å². The van der Waals surface area contributed by atoms with Gasteiger partial charge in [-0.15, -0.1) is 0 Å². The van der Waals surface area contributed by atoms with Crippen LogP contribution in [0.25, 0.3) is 0 Å². The minimum absolute atomic E-state index is 0.0428. The van der Waals surface area contributed by atoms with E-state index in [1.54, 1.807) is 0 Å². The molecule has 2 rings (SSSR count). The van der Waals surface area contributed by atoms with E-state index in [4.69, 9.17) is 5.73 Å². The summed E-state index contributed by atoms with van der Waals surface area (Å²) in [6.45, 7) is 4.98. The second-order valence-corrected chi connectivity index (χ2v) is 5.77. The van der Waals surface area contributed by atoms with E-state index in [2.05, 4.69) is 12.2 Å². The van der Waals surface area contributed by atoms with Crippen molar-refractivity contribution in [1.82, 2.24) is 5.32 Å². The highest BCUT2D eigenvalue weighted by molar-refractivity contribution is 5.81. The maximum atomic E-state index is 11.8. The van der Waals surface area contributed by atoms with E-state index in [1.807, 2.05) is 6.92 Å². The van der Waals surface area contributed by atoms with Gasteiger partial charge in [-0.25, -0.2) is 0 Å². The molecule has 1 amide bonds. The van der Waals surface area contributed by atoms with Gasteiger partial charge < -0.3 is 11.1 Å². The van der Waals surface area contributed by atoms with Crippen LogP contribution < -0.4 is 11.1 Å². The highest BCUT2D eigenvalue weighted by atomic mass is 16.2. The molecule has 0 aromatic carbocycles. The number of nitrogens with one attached hydrogen (secondary N) is 1. The number of nitrogens with two attached hydrogens (primary N) is 1. The molecule has 0 aromatic heterocycles. The van der Waals surface area contributed by atoms with Crippen LogP contribution in [0.1, 0.15) is 46.0 Å². The summed E-state index contributed by atoms with van der Waals surface area (Å²) in [5, 5.41) is 3.06. The second kappa shape index (κ2) is 4.36. The van der Waals surface area contributed by atoms with Crippen LogP contribution in [0.3, 0.4) is 0 Å². The average molecular weight is 224 g/mol. The third kappa shape index (κ3) is 2.40. The number of rotatable bonds is 6. The predicted octanol–water partition coefficient (Wildman–Crippen LogP) is 1.67. The summed E-state index contributed by atoms with van der Waals surface area (Å²) in [4.78, 5) is 11.8. The van der Waals surface area contributed by atoms with Crippen molar-refractivity contribution >= 4 is 5.91 Å². The van der Waals surface area contributed by atoms with E-state index in [9.17, 15) is 4.79 Å². The van der Waals surface area contributed by atoms with Crippen molar-refractivity contribution in [2.75, 3.05) is 6.54 Å². The van der Waals surface area contributed by atoms with Crippen molar-refractivity contribution < 1.29 is 4.79 Å². The van der Waals surface area contributed by atoms with Crippen molar-refractivity contribution in [3.8, 4) is 0 Å². The summed E-state index contributed by atoms with van der Waals surface area (Å²) in [5.41, 5.74) is 6.38. The lowest BCUT2D eigenvalue weighted by Crippen LogP contribution is -2.46. The maximum absolute atomic E-state index is 11.8. The maximum Gasteiger partial charge on any atom is 0.237 e. The lowest BCUT2D eigenvalue weighted by atomic mass is 9.97. The SMILES string of the molecule is CCC(C)[C@H](N)C(=O)NCC1(C2CC2)CC1. The largest absolute Gasteiger partial charge is 0.354 e. The Morgan fingerprint density at radius 1 is 1.50 bits per heavy atom. The molecule has 2 aliphatic carbocycles. The van der Waals surface area contributed by atoms with Gasteiger partial charge in [0.05, 0.1) is 6.04 Å². The Morgan fingerprint density at radius 3 is 2.56 bits per heavy atom. The van der Waals surface area contributed by atoms with E-state index in [0.717, 1.165) is 18.9 Å². The zero-order valence-corrected chi connectivity index (χ0v) is 10.5. The van der Waals surface area contributed by atoms with Crippen LogP contribution in [-0.4, -0.2) is 18.5 Å². The van der Waals surface area contributed by atoms with Gasteiger partial charge in [-0.3, -0.25) is 4.79 Å². The van der Waals surface area contributed by atoms with Gasteiger partial charge in [0.1, 0.15) is 0 Å². The second-order valence-electron chi connectivity index (χ2n) is 5.77. The van der Waals surface area contributed by atoms with Gasteiger partial charge in [0, 0.05) is 6.54 Å². The van der Waals surface area contributed by atoms with Gasteiger partial charge in [-0.1, -0.05) is 20.3 Å². The first kappa shape index (κ1) is 11.9. The minimum Gasteiger partial charge on any atom is -0.354 e. The Kier molecular flexibility index (Phi) is 3.24. The molecule has 0 aromatic rings. The molecule has 16 heavy (non-hydrogen) atoms. The van der Waals surface area contributed by atoms with Gasteiger partial charge in [-0.2, -0.15) is 0 Å². The predicted molar refractivity (Wildman–Crippen MR) is 64.8 cm³/mol. The summed E-state index contributed by atoms with van der Waals surface area (Å²) >= 11 is 0. The van der Waals surface area contributed by atoms with Gasteiger partial charge in [0.2, 0.25) is 5.91 Å². The zero-order valence-electron chi connectivity index (χ0n) is 10.5. The van der Waals surface area contributed by atoms with E-state index >= 15 is 0 Å². The Bertz CT molecular complexity index is 269. The van der Waals surface area contributed by atoms with E-state index in [1.165, 1.54) is 25.7 Å². The van der Waals surface area contributed by atoms with Crippen LogP contribution >= 0.6 is 0 Å². The standard InChI is InChI=1S/C13H24N2O/c1-3-9(2)11(14)12(16)15-8-13(6-7-13)10-4-5-10/h9-11H,3-8,14H2,1-2H3,(H,15,16)/t9?,11-/m0/s1. The van der Waals surface area contributed by atoms with Crippen molar-refractivity contribution in [3.63, 3.8) is 0 Å². The first-order valence-electron chi connectivity index (χ1n) is 6.62. The molecular weight excluding hydrogens is 200 g/mol. The normalized spacial score (nSPS) is 25.9. The Hall–Kier alpha value is -0.570. The molecule has 0 spiro atoms. The number of hydrogen-bond donors (Lipinski definition) is 2. The van der Waals surface area contributed by atoms with E-state index in [0.29, 0.717) is 5.41 Å². The number of amides is 1. The fourth-order valence-electron chi connectivity index (χ4n) is 2.48. The Morgan fingerprint density at radius 2 is 2.12 bits per heavy atom. The molecule has 3 N–H and O–H groups in total. The molecule has 2 fully saturated rings. The summed E-state index contributed by atoms with van der Waals surface area (Å²) in [6, 6.07) is -0.333. The quantitative estimate of drug-likeness (QED) is 0.721. The van der Waals surface area contributed by atoms with Crippen LogP contribution in [-0.2, 0) is 4.79 Å². The van der Waals surface area contributed by atoms with Crippen LogP contribution in [0.5, 0.6) is 0 Å². The van der Waals surface area contributed by atoms with Gasteiger partial charge in [0.25, 0.3) is 0 Å². The average Bonchev–Trinajstić information content (AvgIpc) is 3.15. The number of carbonyl (C=O) groups excluding carboxylic acids is 1. The number of hydrogen-bond acceptors (Lipinski definition) is 2. The Balaban J connectivity index is 1.75. The van der Waals surface area contributed by atoms with Crippen LogP contribution in [0.2, 0.25) is 0 Å². The molecule has 0 aliphatic heterocycles. The van der Waals surface area contributed by atoms with Gasteiger partial charge in [-0.05, 0) is 42.9 Å². The fourth-order valence-corrected chi connectivity index (χ4v) is 2.48. The fraction of sp³-hybridized carbons (Fsp3) is 0.923. The van der Waals surface area contributed by atoms with Crippen molar-refractivity contribution in [1.29, 1.82) is 0 Å². The topological polar surface area (TPSA) is 55.1 Å². The summed E-state index contributed by atoms with van der Waals surface area (Å²) in [6.07, 6.45) is 6.30. The van der Waals surface area contributed by atoms with Crippen molar-refractivity contribution in [2.24, 2.45) is 23.0 Å². The van der Waals surface area contributed by atoms with Crippen LogP contribution in [0.4, 0.5) is 0 Å². The molecule has 3 heteroatoms.